The molecule has 0 bridgehead atoms. The number of nitrogens with zero attached hydrogens (tertiary/aromatic N) is 2. The molecule has 2 heterocycles. The van der Waals surface area contributed by atoms with E-state index in [-0.39, 0.29) is 5.91 Å². The van der Waals surface area contributed by atoms with E-state index < -0.39 is 0 Å². The molecule has 0 fully saturated rings. The van der Waals surface area contributed by atoms with Crippen LogP contribution in [0.1, 0.15) is 11.3 Å². The number of carbonyl (C=O) groups excluding carboxylic acids is 1. The molecule has 4 nitrogen and oxygen atoms in total. The van der Waals surface area contributed by atoms with E-state index in [1.807, 2.05) is 60.8 Å². The summed E-state index contributed by atoms with van der Waals surface area (Å²) in [6, 6.07) is 17.5. The number of aromatic nitrogens is 2. The summed E-state index contributed by atoms with van der Waals surface area (Å²) >= 11 is 0. The molecule has 0 spiro atoms. The molecule has 4 heteroatoms. The molecule has 0 aliphatic heterocycles. The van der Waals surface area contributed by atoms with Gasteiger partial charge in [-0.1, -0.05) is 36.4 Å². The number of amides is 1. The minimum atomic E-state index is -0.129. The topological polar surface area (TPSA) is 46.4 Å². The van der Waals surface area contributed by atoms with Crippen molar-refractivity contribution >= 4 is 17.5 Å². The SMILES string of the molecule is O=C(/C=C/c1ccccc1)NCc1cc2ccccn2n1. The minimum Gasteiger partial charge on any atom is -0.347 e. The number of hydrogen-bond acceptors (Lipinski definition) is 2. The number of nitrogens with one attached hydrogen (secondary N) is 1. The van der Waals surface area contributed by atoms with Crippen molar-refractivity contribution in [3.63, 3.8) is 0 Å². The monoisotopic (exact) mass is 277 g/mol. The Bertz CT molecular complexity index is 742. The Labute approximate surface area is 122 Å². The molecule has 0 aliphatic rings. The largest absolute Gasteiger partial charge is 0.347 e. The summed E-state index contributed by atoms with van der Waals surface area (Å²) in [4.78, 5) is 11.8. The summed E-state index contributed by atoms with van der Waals surface area (Å²) in [5, 5.41) is 7.21. The van der Waals surface area contributed by atoms with Gasteiger partial charge in [0.25, 0.3) is 0 Å². The van der Waals surface area contributed by atoms with Crippen molar-refractivity contribution < 1.29 is 4.79 Å². The van der Waals surface area contributed by atoms with Crippen molar-refractivity contribution in [3.05, 3.63) is 78.1 Å². The van der Waals surface area contributed by atoms with Gasteiger partial charge in [0.1, 0.15) is 0 Å². The lowest BCUT2D eigenvalue weighted by Crippen LogP contribution is -2.20. The average Bonchev–Trinajstić information content (AvgIpc) is 2.95. The molecule has 21 heavy (non-hydrogen) atoms. The maximum absolute atomic E-state index is 11.8. The summed E-state index contributed by atoms with van der Waals surface area (Å²) in [5.74, 6) is -0.129. The fraction of sp³-hybridized carbons (Fsp3) is 0.0588. The van der Waals surface area contributed by atoms with E-state index in [1.165, 1.54) is 6.08 Å². The summed E-state index contributed by atoms with van der Waals surface area (Å²) in [5.41, 5.74) is 2.85. The lowest BCUT2D eigenvalue weighted by atomic mass is 10.2. The van der Waals surface area contributed by atoms with Gasteiger partial charge < -0.3 is 5.32 Å². The van der Waals surface area contributed by atoms with Crippen LogP contribution in [0.4, 0.5) is 0 Å². The number of benzene rings is 1. The quantitative estimate of drug-likeness (QED) is 0.745. The van der Waals surface area contributed by atoms with Gasteiger partial charge in [-0.2, -0.15) is 5.10 Å². The molecule has 0 radical (unpaired) electrons. The third kappa shape index (κ3) is 3.36. The first-order valence-electron chi connectivity index (χ1n) is 6.75. The van der Waals surface area contributed by atoms with Gasteiger partial charge in [0, 0.05) is 12.3 Å². The molecule has 1 N–H and O–H groups in total. The summed E-state index contributed by atoms with van der Waals surface area (Å²) in [6.07, 6.45) is 5.21. The second-order valence-electron chi connectivity index (χ2n) is 4.67. The fourth-order valence-corrected chi connectivity index (χ4v) is 2.05. The molecule has 104 valence electrons. The van der Waals surface area contributed by atoms with Gasteiger partial charge >= 0.3 is 0 Å². The normalized spacial score (nSPS) is 11.0. The first-order valence-corrected chi connectivity index (χ1v) is 6.75. The Morgan fingerprint density at radius 2 is 1.95 bits per heavy atom. The highest BCUT2D eigenvalue weighted by molar-refractivity contribution is 5.91. The van der Waals surface area contributed by atoms with E-state index >= 15 is 0 Å². The molecule has 0 unspecified atom stereocenters. The van der Waals surface area contributed by atoms with E-state index in [9.17, 15) is 4.79 Å². The zero-order valence-electron chi connectivity index (χ0n) is 11.4. The van der Waals surface area contributed by atoms with E-state index in [0.717, 1.165) is 16.8 Å². The van der Waals surface area contributed by atoms with Gasteiger partial charge in [0.2, 0.25) is 5.91 Å². The molecular formula is C17H15N3O. The van der Waals surface area contributed by atoms with Gasteiger partial charge in [-0.3, -0.25) is 4.79 Å². The van der Waals surface area contributed by atoms with Gasteiger partial charge in [0.15, 0.2) is 0 Å². The molecule has 0 atom stereocenters. The predicted molar refractivity (Wildman–Crippen MR) is 82.5 cm³/mol. The Morgan fingerprint density at radius 1 is 1.14 bits per heavy atom. The molecule has 0 saturated carbocycles. The fourth-order valence-electron chi connectivity index (χ4n) is 2.05. The van der Waals surface area contributed by atoms with E-state index in [1.54, 1.807) is 10.6 Å². The summed E-state index contributed by atoms with van der Waals surface area (Å²) in [7, 11) is 0. The van der Waals surface area contributed by atoms with Gasteiger partial charge in [-0.25, -0.2) is 4.52 Å². The third-order valence-corrected chi connectivity index (χ3v) is 3.09. The van der Waals surface area contributed by atoms with Crippen LogP contribution >= 0.6 is 0 Å². The maximum atomic E-state index is 11.8. The summed E-state index contributed by atoms with van der Waals surface area (Å²) in [6.45, 7) is 0.416. The third-order valence-electron chi connectivity index (χ3n) is 3.09. The number of carbonyl (C=O) groups is 1. The molecule has 0 aliphatic carbocycles. The number of rotatable bonds is 4. The van der Waals surface area contributed by atoms with E-state index in [4.69, 9.17) is 0 Å². The number of pyridine rings is 1. The van der Waals surface area contributed by atoms with Crippen LogP contribution in [0.25, 0.3) is 11.6 Å². The zero-order valence-corrected chi connectivity index (χ0v) is 11.4. The number of fused-ring (bicyclic) bond motifs is 1. The van der Waals surface area contributed by atoms with Crippen LogP contribution in [-0.2, 0) is 11.3 Å². The minimum absolute atomic E-state index is 0.129. The number of hydrogen-bond donors (Lipinski definition) is 1. The maximum Gasteiger partial charge on any atom is 0.244 e. The highest BCUT2D eigenvalue weighted by Crippen LogP contribution is 2.05. The second kappa shape index (κ2) is 6.05. The molecule has 3 rings (SSSR count). The van der Waals surface area contributed by atoms with Gasteiger partial charge in [-0.05, 0) is 29.8 Å². The Morgan fingerprint density at radius 3 is 2.76 bits per heavy atom. The van der Waals surface area contributed by atoms with Crippen LogP contribution in [0.2, 0.25) is 0 Å². The van der Waals surface area contributed by atoms with Crippen molar-refractivity contribution in [1.29, 1.82) is 0 Å². The van der Waals surface area contributed by atoms with Crippen LogP contribution < -0.4 is 5.32 Å². The predicted octanol–water partition coefficient (Wildman–Crippen LogP) is 2.66. The van der Waals surface area contributed by atoms with Crippen LogP contribution in [0, 0.1) is 0 Å². The zero-order chi connectivity index (χ0) is 14.5. The highest BCUT2D eigenvalue weighted by atomic mass is 16.1. The van der Waals surface area contributed by atoms with Crippen LogP contribution in [0.15, 0.2) is 66.9 Å². The van der Waals surface area contributed by atoms with Crippen LogP contribution in [0.3, 0.4) is 0 Å². The van der Waals surface area contributed by atoms with Crippen molar-refractivity contribution in [1.82, 2.24) is 14.9 Å². The highest BCUT2D eigenvalue weighted by Gasteiger charge is 2.02. The van der Waals surface area contributed by atoms with E-state index in [2.05, 4.69) is 10.4 Å². The van der Waals surface area contributed by atoms with Crippen LogP contribution in [0.5, 0.6) is 0 Å². The van der Waals surface area contributed by atoms with E-state index in [0.29, 0.717) is 6.54 Å². The van der Waals surface area contributed by atoms with Crippen molar-refractivity contribution in [3.8, 4) is 0 Å². The van der Waals surface area contributed by atoms with Crippen molar-refractivity contribution in [2.24, 2.45) is 0 Å². The Hall–Kier alpha value is -2.88. The first kappa shape index (κ1) is 13.1. The average molecular weight is 277 g/mol. The summed E-state index contributed by atoms with van der Waals surface area (Å²) < 4.78 is 1.79. The molecule has 3 aromatic rings. The first-order chi connectivity index (χ1) is 10.3. The molecule has 1 amide bonds. The van der Waals surface area contributed by atoms with Crippen molar-refractivity contribution in [2.45, 2.75) is 6.54 Å². The smallest absolute Gasteiger partial charge is 0.244 e. The molecular weight excluding hydrogens is 262 g/mol. The molecule has 1 aromatic carbocycles. The second-order valence-corrected chi connectivity index (χ2v) is 4.67. The molecule has 2 aromatic heterocycles. The van der Waals surface area contributed by atoms with Crippen molar-refractivity contribution in [2.75, 3.05) is 0 Å². The van der Waals surface area contributed by atoms with Gasteiger partial charge in [-0.15, -0.1) is 0 Å². The van der Waals surface area contributed by atoms with Crippen LogP contribution in [-0.4, -0.2) is 15.5 Å². The standard InChI is InChI=1S/C17H15N3O/c21-17(10-9-14-6-2-1-3-7-14)18-13-15-12-16-8-4-5-11-20(16)19-15/h1-12H,13H2,(H,18,21)/b10-9+. The Balaban J connectivity index is 1.59. The lowest BCUT2D eigenvalue weighted by molar-refractivity contribution is -0.116. The lowest BCUT2D eigenvalue weighted by Gasteiger charge is -1.98. The molecule has 0 saturated heterocycles. The Kier molecular flexibility index (Phi) is 3.78. The van der Waals surface area contributed by atoms with Gasteiger partial charge in [0.05, 0.1) is 17.8 Å².